The Bertz CT molecular complexity index is 368. The maximum Gasteiger partial charge on any atom is 0.134 e. The molecule has 0 spiro atoms. The molecule has 1 aromatic rings. The highest BCUT2D eigenvalue weighted by molar-refractivity contribution is 9.11. The second-order valence-corrected chi connectivity index (χ2v) is 5.85. The van der Waals surface area contributed by atoms with Crippen LogP contribution in [0.5, 0.6) is 5.75 Å². The van der Waals surface area contributed by atoms with Crippen molar-refractivity contribution in [3.63, 3.8) is 0 Å². The minimum atomic E-state index is -0.329. The van der Waals surface area contributed by atoms with E-state index in [1.54, 1.807) is 0 Å². The number of aliphatic hydroxyl groups is 1. The molecule has 1 saturated carbocycles. The summed E-state index contributed by atoms with van der Waals surface area (Å²) in [4.78, 5) is 0. The second kappa shape index (κ2) is 5.52. The highest BCUT2D eigenvalue weighted by Crippen LogP contribution is 2.31. The number of rotatable bonds is 2. The summed E-state index contributed by atoms with van der Waals surface area (Å²) in [7, 11) is 0. The molecule has 2 atom stereocenters. The average molecular weight is 350 g/mol. The lowest BCUT2D eigenvalue weighted by Crippen LogP contribution is -2.34. The van der Waals surface area contributed by atoms with E-state index in [-0.39, 0.29) is 12.2 Å². The predicted octanol–water partition coefficient (Wildman–Crippen LogP) is 3.89. The van der Waals surface area contributed by atoms with Crippen molar-refractivity contribution in [3.8, 4) is 5.75 Å². The Morgan fingerprint density at radius 3 is 2.62 bits per heavy atom. The van der Waals surface area contributed by atoms with Crippen LogP contribution in [0.2, 0.25) is 0 Å². The molecule has 0 aliphatic heterocycles. The molecule has 1 aromatic carbocycles. The van der Waals surface area contributed by atoms with Gasteiger partial charge >= 0.3 is 0 Å². The minimum Gasteiger partial charge on any atom is -0.487 e. The zero-order chi connectivity index (χ0) is 11.5. The minimum absolute atomic E-state index is 0.0637. The van der Waals surface area contributed by atoms with Crippen LogP contribution in [0.25, 0.3) is 0 Å². The zero-order valence-electron chi connectivity index (χ0n) is 8.83. The predicted molar refractivity (Wildman–Crippen MR) is 70.7 cm³/mol. The van der Waals surface area contributed by atoms with Crippen molar-refractivity contribution in [2.45, 2.75) is 37.9 Å². The van der Waals surface area contributed by atoms with E-state index in [2.05, 4.69) is 31.9 Å². The van der Waals surface area contributed by atoms with Crippen molar-refractivity contribution in [1.29, 1.82) is 0 Å². The molecular weight excluding hydrogens is 336 g/mol. The summed E-state index contributed by atoms with van der Waals surface area (Å²) < 4.78 is 7.76. The van der Waals surface area contributed by atoms with Gasteiger partial charge in [0, 0.05) is 4.47 Å². The topological polar surface area (TPSA) is 29.5 Å². The Morgan fingerprint density at radius 1 is 1.19 bits per heavy atom. The summed E-state index contributed by atoms with van der Waals surface area (Å²) in [6, 6.07) is 5.80. The molecule has 0 saturated heterocycles. The van der Waals surface area contributed by atoms with E-state index in [9.17, 15) is 5.11 Å². The second-order valence-electron chi connectivity index (χ2n) is 4.08. The molecule has 0 amide bonds. The summed E-state index contributed by atoms with van der Waals surface area (Å²) in [5.41, 5.74) is 0. The van der Waals surface area contributed by atoms with Crippen LogP contribution in [0.15, 0.2) is 27.1 Å². The van der Waals surface area contributed by atoms with Crippen LogP contribution in [-0.2, 0) is 0 Å². The maximum atomic E-state index is 9.83. The lowest BCUT2D eigenvalue weighted by Gasteiger charge is -2.28. The van der Waals surface area contributed by atoms with Gasteiger partial charge in [-0.25, -0.2) is 0 Å². The summed E-state index contributed by atoms with van der Waals surface area (Å²) >= 11 is 6.86. The van der Waals surface area contributed by atoms with E-state index in [0.29, 0.717) is 0 Å². The van der Waals surface area contributed by atoms with Crippen LogP contribution in [0, 0.1) is 0 Å². The first-order valence-corrected chi connectivity index (χ1v) is 7.05. The fourth-order valence-electron chi connectivity index (χ4n) is 1.95. The fraction of sp³-hybridized carbons (Fsp3) is 0.500. The van der Waals surface area contributed by atoms with Crippen molar-refractivity contribution in [2.24, 2.45) is 0 Å². The largest absolute Gasteiger partial charge is 0.487 e. The van der Waals surface area contributed by atoms with Gasteiger partial charge in [0.25, 0.3) is 0 Å². The smallest absolute Gasteiger partial charge is 0.134 e. The van der Waals surface area contributed by atoms with Crippen LogP contribution in [0.3, 0.4) is 0 Å². The van der Waals surface area contributed by atoms with Gasteiger partial charge in [0.15, 0.2) is 0 Å². The van der Waals surface area contributed by atoms with Gasteiger partial charge in [0.05, 0.1) is 10.6 Å². The Balaban J connectivity index is 2.07. The Labute approximate surface area is 112 Å². The molecular formula is C12H14Br2O2. The molecule has 0 radical (unpaired) electrons. The van der Waals surface area contributed by atoms with E-state index in [1.165, 1.54) is 0 Å². The van der Waals surface area contributed by atoms with Crippen molar-refractivity contribution < 1.29 is 9.84 Å². The maximum absolute atomic E-state index is 9.83. The van der Waals surface area contributed by atoms with Crippen LogP contribution in [-0.4, -0.2) is 17.3 Å². The lowest BCUT2D eigenvalue weighted by atomic mass is 9.95. The van der Waals surface area contributed by atoms with Gasteiger partial charge < -0.3 is 9.84 Å². The third kappa shape index (κ3) is 2.99. The molecule has 2 rings (SSSR count). The molecule has 2 nitrogen and oxygen atoms in total. The number of halogens is 2. The quantitative estimate of drug-likeness (QED) is 0.877. The highest BCUT2D eigenvalue weighted by atomic mass is 79.9. The van der Waals surface area contributed by atoms with Crippen LogP contribution >= 0.6 is 31.9 Å². The molecule has 1 aliphatic rings. The first kappa shape index (κ1) is 12.4. The molecule has 0 aromatic heterocycles. The Hall–Kier alpha value is -0.0600. The monoisotopic (exact) mass is 348 g/mol. The highest BCUT2D eigenvalue weighted by Gasteiger charge is 2.25. The number of hydrogen-bond acceptors (Lipinski definition) is 2. The molecule has 1 aliphatic carbocycles. The fourth-order valence-corrected chi connectivity index (χ4v) is 3.09. The van der Waals surface area contributed by atoms with E-state index in [1.807, 2.05) is 18.2 Å². The van der Waals surface area contributed by atoms with Crippen LogP contribution in [0.4, 0.5) is 0 Å². The summed E-state index contributed by atoms with van der Waals surface area (Å²) in [5.74, 6) is 0.800. The number of hydrogen-bond donors (Lipinski definition) is 1. The zero-order valence-corrected chi connectivity index (χ0v) is 12.0. The van der Waals surface area contributed by atoms with Crippen molar-refractivity contribution in [2.75, 3.05) is 0 Å². The molecule has 0 heterocycles. The van der Waals surface area contributed by atoms with Gasteiger partial charge in [0.1, 0.15) is 11.9 Å². The SMILES string of the molecule is OC1CCCCC1Oc1ccc(Br)cc1Br. The molecule has 4 heteroatoms. The number of ether oxygens (including phenoxy) is 1. The van der Waals surface area contributed by atoms with Gasteiger partial charge in [-0.1, -0.05) is 22.4 Å². The first-order valence-electron chi connectivity index (χ1n) is 5.46. The van der Waals surface area contributed by atoms with E-state index in [0.717, 1.165) is 40.4 Å². The molecule has 16 heavy (non-hydrogen) atoms. The van der Waals surface area contributed by atoms with E-state index in [4.69, 9.17) is 4.74 Å². The van der Waals surface area contributed by atoms with Gasteiger partial charge in [-0.3, -0.25) is 0 Å². The number of benzene rings is 1. The summed E-state index contributed by atoms with van der Waals surface area (Å²) in [6.07, 6.45) is 3.62. The Morgan fingerprint density at radius 2 is 1.94 bits per heavy atom. The van der Waals surface area contributed by atoms with Crippen molar-refractivity contribution in [1.82, 2.24) is 0 Å². The Kier molecular flexibility index (Phi) is 4.27. The van der Waals surface area contributed by atoms with Gasteiger partial charge in [-0.2, -0.15) is 0 Å². The third-order valence-electron chi connectivity index (χ3n) is 2.84. The molecule has 1 N–H and O–H groups in total. The summed E-state index contributed by atoms with van der Waals surface area (Å²) in [5, 5.41) is 9.83. The standard InChI is InChI=1S/C12H14Br2O2/c13-8-5-6-11(9(14)7-8)16-12-4-2-1-3-10(12)15/h5-7,10,12,15H,1-4H2. The first-order chi connectivity index (χ1) is 7.66. The van der Waals surface area contributed by atoms with Crippen molar-refractivity contribution in [3.05, 3.63) is 27.1 Å². The van der Waals surface area contributed by atoms with Gasteiger partial charge in [-0.05, 0) is 53.4 Å². The molecule has 2 unspecified atom stereocenters. The van der Waals surface area contributed by atoms with Gasteiger partial charge in [0.2, 0.25) is 0 Å². The van der Waals surface area contributed by atoms with Crippen LogP contribution in [0.1, 0.15) is 25.7 Å². The van der Waals surface area contributed by atoms with Gasteiger partial charge in [-0.15, -0.1) is 0 Å². The van der Waals surface area contributed by atoms with Crippen LogP contribution < -0.4 is 4.74 Å². The molecule has 1 fully saturated rings. The normalized spacial score (nSPS) is 25.4. The average Bonchev–Trinajstić information content (AvgIpc) is 2.25. The molecule has 88 valence electrons. The lowest BCUT2D eigenvalue weighted by molar-refractivity contribution is 0.00648. The van der Waals surface area contributed by atoms with Crippen molar-refractivity contribution >= 4 is 31.9 Å². The van der Waals surface area contributed by atoms with E-state index < -0.39 is 0 Å². The third-order valence-corrected chi connectivity index (χ3v) is 3.95. The number of aliphatic hydroxyl groups excluding tert-OH is 1. The summed E-state index contributed by atoms with van der Waals surface area (Å²) in [6.45, 7) is 0. The van der Waals surface area contributed by atoms with E-state index >= 15 is 0 Å². The molecule has 0 bridgehead atoms.